The fourth-order valence-electron chi connectivity index (χ4n) is 1.52. The average molecular weight is 245 g/mol. The van der Waals surface area contributed by atoms with Crippen molar-refractivity contribution in [3.8, 4) is 0 Å². The van der Waals surface area contributed by atoms with E-state index in [1.54, 1.807) is 7.11 Å². The molecule has 2 unspecified atom stereocenters. The second-order valence-electron chi connectivity index (χ2n) is 4.04. The first-order valence-corrected chi connectivity index (χ1v) is 5.74. The predicted octanol–water partition coefficient (Wildman–Crippen LogP) is -0.124. The zero-order valence-electron chi connectivity index (χ0n) is 9.98. The summed E-state index contributed by atoms with van der Waals surface area (Å²) >= 11 is 0. The fraction of sp³-hybridized carbons (Fsp3) is 0.818. The van der Waals surface area contributed by atoms with Crippen LogP contribution in [-0.4, -0.2) is 50.5 Å². The van der Waals surface area contributed by atoms with Gasteiger partial charge >= 0.3 is 5.97 Å². The maximum atomic E-state index is 11.4. The quantitative estimate of drug-likeness (QED) is 0.553. The van der Waals surface area contributed by atoms with E-state index >= 15 is 0 Å². The molecule has 0 heterocycles. The van der Waals surface area contributed by atoms with E-state index in [4.69, 9.17) is 14.6 Å². The predicted molar refractivity (Wildman–Crippen MR) is 59.6 cm³/mol. The molecular formula is C11H19NO5. The number of rotatable bonds is 9. The molecule has 0 aromatic heterocycles. The molecule has 6 nitrogen and oxygen atoms in total. The van der Waals surface area contributed by atoms with Gasteiger partial charge in [-0.1, -0.05) is 0 Å². The van der Waals surface area contributed by atoms with E-state index in [1.165, 1.54) is 0 Å². The van der Waals surface area contributed by atoms with Gasteiger partial charge in [-0.2, -0.15) is 0 Å². The molecule has 1 rings (SSSR count). The van der Waals surface area contributed by atoms with Gasteiger partial charge in [0, 0.05) is 20.3 Å². The summed E-state index contributed by atoms with van der Waals surface area (Å²) in [6.45, 7) is 2.20. The van der Waals surface area contributed by atoms with Crippen molar-refractivity contribution in [2.45, 2.75) is 12.8 Å². The number of hydrogen-bond donors (Lipinski definition) is 2. The van der Waals surface area contributed by atoms with E-state index in [1.807, 2.05) is 0 Å². The standard InChI is InChI=1S/C11H19NO5/c1-16-5-6-17-4-2-3-12-10(13)8-7-9(8)11(14)15/h8-9H,2-7H2,1H3,(H,12,13)(H,14,15). The minimum absolute atomic E-state index is 0.158. The second kappa shape index (κ2) is 7.24. The summed E-state index contributed by atoms with van der Waals surface area (Å²) in [4.78, 5) is 22.0. The largest absolute Gasteiger partial charge is 0.481 e. The van der Waals surface area contributed by atoms with Gasteiger partial charge in [0.15, 0.2) is 0 Å². The number of carbonyl (C=O) groups is 2. The first kappa shape index (κ1) is 13.9. The highest BCUT2D eigenvalue weighted by Crippen LogP contribution is 2.38. The van der Waals surface area contributed by atoms with E-state index in [2.05, 4.69) is 5.32 Å². The Morgan fingerprint density at radius 3 is 2.65 bits per heavy atom. The van der Waals surface area contributed by atoms with Crippen LogP contribution in [0.4, 0.5) is 0 Å². The molecule has 6 heteroatoms. The molecule has 1 saturated carbocycles. The molecule has 17 heavy (non-hydrogen) atoms. The second-order valence-corrected chi connectivity index (χ2v) is 4.04. The van der Waals surface area contributed by atoms with Crippen LogP contribution in [0.25, 0.3) is 0 Å². The summed E-state index contributed by atoms with van der Waals surface area (Å²) in [7, 11) is 1.61. The van der Waals surface area contributed by atoms with E-state index in [-0.39, 0.29) is 11.8 Å². The lowest BCUT2D eigenvalue weighted by Gasteiger charge is -2.05. The minimum Gasteiger partial charge on any atom is -0.481 e. The minimum atomic E-state index is -0.881. The Labute approximate surface area is 100 Å². The summed E-state index contributed by atoms with van der Waals surface area (Å²) in [6.07, 6.45) is 1.19. The van der Waals surface area contributed by atoms with Crippen molar-refractivity contribution in [2.75, 3.05) is 33.5 Å². The van der Waals surface area contributed by atoms with Crippen LogP contribution in [0.15, 0.2) is 0 Å². The van der Waals surface area contributed by atoms with Crippen LogP contribution in [-0.2, 0) is 19.1 Å². The molecular weight excluding hydrogens is 226 g/mol. The number of carbonyl (C=O) groups excluding carboxylic acids is 1. The highest BCUT2D eigenvalue weighted by Gasteiger charge is 2.48. The Morgan fingerprint density at radius 2 is 2.06 bits per heavy atom. The number of aliphatic carboxylic acids is 1. The Hall–Kier alpha value is -1.14. The van der Waals surface area contributed by atoms with Gasteiger partial charge in [-0.05, 0) is 12.8 Å². The van der Waals surface area contributed by atoms with Crippen LogP contribution in [0.2, 0.25) is 0 Å². The van der Waals surface area contributed by atoms with Gasteiger partial charge in [-0.15, -0.1) is 0 Å². The van der Waals surface area contributed by atoms with Gasteiger partial charge in [-0.25, -0.2) is 0 Å². The lowest BCUT2D eigenvalue weighted by Crippen LogP contribution is -2.28. The Balaban J connectivity index is 1.93. The van der Waals surface area contributed by atoms with Crippen LogP contribution in [0.1, 0.15) is 12.8 Å². The van der Waals surface area contributed by atoms with Crippen molar-refractivity contribution in [1.82, 2.24) is 5.32 Å². The summed E-state index contributed by atoms with van der Waals surface area (Å²) < 4.78 is 10.0. The van der Waals surface area contributed by atoms with Crippen LogP contribution in [0.3, 0.4) is 0 Å². The Bertz CT molecular complexity index is 269. The number of ether oxygens (including phenoxy) is 2. The van der Waals surface area contributed by atoms with Crippen molar-refractivity contribution >= 4 is 11.9 Å². The van der Waals surface area contributed by atoms with Crippen LogP contribution in [0.5, 0.6) is 0 Å². The molecule has 0 aromatic rings. The normalized spacial score (nSPS) is 22.2. The van der Waals surface area contributed by atoms with Crippen LogP contribution in [0, 0.1) is 11.8 Å². The molecule has 0 radical (unpaired) electrons. The number of carboxylic acid groups (broad SMARTS) is 1. The number of methoxy groups -OCH3 is 1. The zero-order valence-corrected chi connectivity index (χ0v) is 9.98. The van der Waals surface area contributed by atoms with Gasteiger partial charge in [0.1, 0.15) is 0 Å². The average Bonchev–Trinajstić information content (AvgIpc) is 3.07. The van der Waals surface area contributed by atoms with Crippen molar-refractivity contribution in [3.05, 3.63) is 0 Å². The third kappa shape index (κ3) is 5.14. The topological polar surface area (TPSA) is 84.9 Å². The molecule has 2 N–H and O–H groups in total. The molecule has 1 aliphatic carbocycles. The van der Waals surface area contributed by atoms with E-state index in [9.17, 15) is 9.59 Å². The lowest BCUT2D eigenvalue weighted by molar-refractivity contribution is -0.140. The number of amides is 1. The van der Waals surface area contributed by atoms with Gasteiger partial charge in [-0.3, -0.25) is 9.59 Å². The molecule has 0 spiro atoms. The highest BCUT2D eigenvalue weighted by molar-refractivity contribution is 5.89. The van der Waals surface area contributed by atoms with Gasteiger partial charge in [0.05, 0.1) is 25.0 Å². The summed E-state index contributed by atoms with van der Waals surface area (Å²) in [5.74, 6) is -1.85. The van der Waals surface area contributed by atoms with Crippen molar-refractivity contribution in [2.24, 2.45) is 11.8 Å². The molecule has 0 bridgehead atoms. The molecule has 0 saturated heterocycles. The van der Waals surface area contributed by atoms with E-state index < -0.39 is 11.9 Å². The van der Waals surface area contributed by atoms with Crippen LogP contribution < -0.4 is 5.32 Å². The highest BCUT2D eigenvalue weighted by atomic mass is 16.5. The third-order valence-corrected chi connectivity index (χ3v) is 2.64. The molecule has 98 valence electrons. The van der Waals surface area contributed by atoms with Gasteiger partial charge < -0.3 is 19.9 Å². The Kier molecular flexibility index (Phi) is 5.93. The third-order valence-electron chi connectivity index (χ3n) is 2.64. The van der Waals surface area contributed by atoms with Gasteiger partial charge in [0.25, 0.3) is 0 Å². The van der Waals surface area contributed by atoms with Crippen molar-refractivity contribution in [3.63, 3.8) is 0 Å². The van der Waals surface area contributed by atoms with Crippen molar-refractivity contribution < 1.29 is 24.2 Å². The lowest BCUT2D eigenvalue weighted by atomic mass is 10.3. The van der Waals surface area contributed by atoms with Crippen LogP contribution >= 0.6 is 0 Å². The molecule has 2 atom stereocenters. The maximum Gasteiger partial charge on any atom is 0.307 e. The van der Waals surface area contributed by atoms with Gasteiger partial charge in [0.2, 0.25) is 5.91 Å². The molecule has 1 aliphatic rings. The smallest absolute Gasteiger partial charge is 0.307 e. The molecule has 1 fully saturated rings. The number of nitrogens with one attached hydrogen (secondary N) is 1. The van der Waals surface area contributed by atoms with E-state index in [0.717, 1.165) is 6.42 Å². The fourth-order valence-corrected chi connectivity index (χ4v) is 1.52. The number of hydrogen-bond acceptors (Lipinski definition) is 4. The molecule has 1 amide bonds. The monoisotopic (exact) mass is 245 g/mol. The van der Waals surface area contributed by atoms with Crippen molar-refractivity contribution in [1.29, 1.82) is 0 Å². The summed E-state index contributed by atoms with van der Waals surface area (Å²) in [5, 5.41) is 11.4. The maximum absolute atomic E-state index is 11.4. The zero-order chi connectivity index (χ0) is 12.7. The molecule has 0 aromatic carbocycles. The summed E-state index contributed by atoms with van der Waals surface area (Å²) in [6, 6.07) is 0. The summed E-state index contributed by atoms with van der Waals surface area (Å²) in [5.41, 5.74) is 0. The van der Waals surface area contributed by atoms with E-state index in [0.29, 0.717) is 32.8 Å². The first-order valence-electron chi connectivity index (χ1n) is 5.74. The molecule has 0 aliphatic heterocycles. The SMILES string of the molecule is COCCOCCCNC(=O)C1CC1C(=O)O. The first-order chi connectivity index (χ1) is 8.16. The Morgan fingerprint density at radius 1 is 1.29 bits per heavy atom. The number of carboxylic acids is 1.